The fourth-order valence-corrected chi connectivity index (χ4v) is 3.00. The quantitative estimate of drug-likeness (QED) is 0.560. The van der Waals surface area contributed by atoms with Crippen LogP contribution in [0.15, 0.2) is 51.6 Å². The predicted molar refractivity (Wildman–Crippen MR) is 109 cm³/mol. The zero-order chi connectivity index (χ0) is 20.3. The Hall–Kier alpha value is -3.13. The number of anilines is 1. The minimum atomic E-state index is -0.553. The van der Waals surface area contributed by atoms with E-state index in [4.69, 9.17) is 14.2 Å². The molecule has 0 aromatic heterocycles. The molecule has 1 N–H and O–H groups in total. The van der Waals surface area contributed by atoms with Crippen LogP contribution in [0, 0.1) is 0 Å². The van der Waals surface area contributed by atoms with E-state index in [1.807, 2.05) is 0 Å². The molecule has 1 aliphatic heterocycles. The molecular weight excluding hydrogens is 428 g/mol. The second kappa shape index (κ2) is 8.26. The fourth-order valence-electron chi connectivity index (χ4n) is 2.56. The number of cyclic esters (lactones) is 1. The first kappa shape index (κ1) is 19.6. The molecule has 0 unspecified atom stereocenters. The van der Waals surface area contributed by atoms with Crippen molar-refractivity contribution in [2.24, 2.45) is 4.99 Å². The van der Waals surface area contributed by atoms with Crippen LogP contribution in [0.2, 0.25) is 0 Å². The van der Waals surface area contributed by atoms with E-state index in [-0.39, 0.29) is 17.5 Å². The lowest BCUT2D eigenvalue weighted by atomic mass is 10.1. The first-order chi connectivity index (χ1) is 13.4. The van der Waals surface area contributed by atoms with E-state index in [1.165, 1.54) is 14.0 Å². The minimum Gasteiger partial charge on any atom is -0.493 e. The van der Waals surface area contributed by atoms with Gasteiger partial charge in [-0.1, -0.05) is 15.9 Å². The number of carbonyl (C=O) groups excluding carboxylic acids is 2. The van der Waals surface area contributed by atoms with Gasteiger partial charge in [0.05, 0.1) is 14.2 Å². The fraction of sp³-hybridized carbons (Fsp3) is 0.150. The average Bonchev–Trinajstić information content (AvgIpc) is 3.03. The van der Waals surface area contributed by atoms with Crippen molar-refractivity contribution < 1.29 is 23.8 Å². The second-order valence-electron chi connectivity index (χ2n) is 5.82. The molecule has 144 valence electrons. The number of ether oxygens (including phenoxy) is 3. The van der Waals surface area contributed by atoms with Crippen molar-refractivity contribution in [1.29, 1.82) is 0 Å². The summed E-state index contributed by atoms with van der Waals surface area (Å²) in [6, 6.07) is 10.3. The van der Waals surface area contributed by atoms with Crippen LogP contribution in [0.25, 0.3) is 6.08 Å². The maximum atomic E-state index is 12.2. The van der Waals surface area contributed by atoms with Crippen molar-refractivity contribution in [1.82, 2.24) is 0 Å². The van der Waals surface area contributed by atoms with Gasteiger partial charge in [-0.2, -0.15) is 0 Å². The highest BCUT2D eigenvalue weighted by atomic mass is 79.9. The molecule has 1 amide bonds. The summed E-state index contributed by atoms with van der Waals surface area (Å²) in [7, 11) is 3.08. The molecule has 0 aliphatic carbocycles. The number of hydrogen-bond acceptors (Lipinski definition) is 6. The smallest absolute Gasteiger partial charge is 0.363 e. The molecule has 0 bridgehead atoms. The molecule has 0 radical (unpaired) electrons. The summed E-state index contributed by atoms with van der Waals surface area (Å²) in [4.78, 5) is 27.6. The van der Waals surface area contributed by atoms with Crippen molar-refractivity contribution in [3.05, 3.63) is 57.7 Å². The van der Waals surface area contributed by atoms with Crippen LogP contribution in [-0.2, 0) is 14.3 Å². The topological polar surface area (TPSA) is 86.2 Å². The number of halogens is 1. The Labute approximate surface area is 170 Å². The average molecular weight is 445 g/mol. The van der Waals surface area contributed by atoms with E-state index in [9.17, 15) is 9.59 Å². The normalized spacial score (nSPS) is 14.5. The molecule has 1 aliphatic rings. The van der Waals surface area contributed by atoms with Gasteiger partial charge >= 0.3 is 5.97 Å². The molecule has 0 atom stereocenters. The summed E-state index contributed by atoms with van der Waals surface area (Å²) in [6.45, 7) is 1.43. The monoisotopic (exact) mass is 444 g/mol. The maximum absolute atomic E-state index is 12.2. The molecule has 2 aromatic rings. The number of methoxy groups -OCH3 is 2. The lowest BCUT2D eigenvalue weighted by Crippen LogP contribution is -2.07. The third kappa shape index (κ3) is 4.23. The van der Waals surface area contributed by atoms with E-state index in [0.717, 1.165) is 0 Å². The molecule has 28 heavy (non-hydrogen) atoms. The standard InChI is InChI=1S/C20H17BrN2O5/c1-11(24)22-14-6-4-12(5-7-14)19-23-16(20(25)28-19)8-13-9-17(26-2)18(27-3)10-15(13)21/h4-10H,1-3H3,(H,22,24). The van der Waals surface area contributed by atoms with Gasteiger partial charge in [-0.25, -0.2) is 9.79 Å². The Bertz CT molecular complexity index is 996. The summed E-state index contributed by atoms with van der Waals surface area (Å²) in [6.07, 6.45) is 1.60. The van der Waals surface area contributed by atoms with Crippen LogP contribution in [0.5, 0.6) is 11.5 Å². The molecule has 2 aromatic carbocycles. The van der Waals surface area contributed by atoms with E-state index in [2.05, 4.69) is 26.2 Å². The highest BCUT2D eigenvalue weighted by molar-refractivity contribution is 9.10. The van der Waals surface area contributed by atoms with Crippen LogP contribution >= 0.6 is 15.9 Å². The lowest BCUT2D eigenvalue weighted by Gasteiger charge is -2.09. The molecule has 0 fully saturated rings. The van der Waals surface area contributed by atoms with Gasteiger partial charge in [0.25, 0.3) is 0 Å². The van der Waals surface area contributed by atoms with Crippen LogP contribution in [0.4, 0.5) is 5.69 Å². The zero-order valence-corrected chi connectivity index (χ0v) is 17.0. The van der Waals surface area contributed by atoms with Crippen LogP contribution in [0.3, 0.4) is 0 Å². The van der Waals surface area contributed by atoms with Gasteiger partial charge in [0.15, 0.2) is 17.2 Å². The van der Waals surface area contributed by atoms with Gasteiger partial charge in [0.2, 0.25) is 11.8 Å². The molecule has 0 spiro atoms. The molecular formula is C20H17BrN2O5. The van der Waals surface area contributed by atoms with Crippen molar-refractivity contribution in [3.8, 4) is 11.5 Å². The Morgan fingerprint density at radius 2 is 1.79 bits per heavy atom. The number of esters is 1. The highest BCUT2D eigenvalue weighted by Gasteiger charge is 2.24. The number of aliphatic imine (C=N–C) groups is 1. The summed E-state index contributed by atoms with van der Waals surface area (Å²) >= 11 is 3.45. The van der Waals surface area contributed by atoms with Gasteiger partial charge in [-0.05, 0) is 48.0 Å². The first-order valence-electron chi connectivity index (χ1n) is 8.23. The number of carbonyl (C=O) groups is 2. The Kier molecular flexibility index (Phi) is 5.79. The summed E-state index contributed by atoms with van der Waals surface area (Å²) in [5, 5.41) is 2.67. The predicted octanol–water partition coefficient (Wildman–Crippen LogP) is 3.77. The molecule has 3 rings (SSSR count). The van der Waals surface area contributed by atoms with Crippen LogP contribution < -0.4 is 14.8 Å². The molecule has 7 nitrogen and oxygen atoms in total. The maximum Gasteiger partial charge on any atom is 0.363 e. The van der Waals surface area contributed by atoms with E-state index in [0.29, 0.717) is 32.8 Å². The Morgan fingerprint density at radius 3 is 2.39 bits per heavy atom. The minimum absolute atomic E-state index is 0.161. The largest absolute Gasteiger partial charge is 0.493 e. The number of rotatable bonds is 5. The third-order valence-electron chi connectivity index (χ3n) is 3.87. The van der Waals surface area contributed by atoms with Gasteiger partial charge in [0.1, 0.15) is 0 Å². The first-order valence-corrected chi connectivity index (χ1v) is 9.02. The summed E-state index contributed by atoms with van der Waals surface area (Å²) in [5.74, 6) is 0.573. The van der Waals surface area contributed by atoms with Crippen LogP contribution in [-0.4, -0.2) is 32.0 Å². The van der Waals surface area contributed by atoms with Gasteiger partial charge in [-0.15, -0.1) is 0 Å². The molecule has 1 heterocycles. The zero-order valence-electron chi connectivity index (χ0n) is 15.4. The highest BCUT2D eigenvalue weighted by Crippen LogP contribution is 2.35. The van der Waals surface area contributed by atoms with Crippen molar-refractivity contribution in [3.63, 3.8) is 0 Å². The second-order valence-corrected chi connectivity index (χ2v) is 6.68. The summed E-state index contributed by atoms with van der Waals surface area (Å²) < 4.78 is 16.5. The van der Waals surface area contributed by atoms with Gasteiger partial charge in [-0.3, -0.25) is 4.79 Å². The molecule has 8 heteroatoms. The Morgan fingerprint density at radius 1 is 1.14 bits per heavy atom. The molecule has 0 saturated heterocycles. The lowest BCUT2D eigenvalue weighted by molar-refractivity contribution is -0.129. The van der Waals surface area contributed by atoms with Gasteiger partial charge in [0, 0.05) is 22.6 Å². The van der Waals surface area contributed by atoms with E-state index >= 15 is 0 Å². The number of amides is 1. The SMILES string of the molecule is COc1cc(Br)c(C=C2N=C(c3ccc(NC(C)=O)cc3)OC2=O)cc1OC. The number of hydrogen-bond donors (Lipinski definition) is 1. The van der Waals surface area contributed by atoms with Crippen molar-refractivity contribution in [2.45, 2.75) is 6.92 Å². The number of nitrogens with zero attached hydrogens (tertiary/aromatic N) is 1. The van der Waals surface area contributed by atoms with Gasteiger partial charge < -0.3 is 19.5 Å². The van der Waals surface area contributed by atoms with Crippen molar-refractivity contribution >= 4 is 45.5 Å². The van der Waals surface area contributed by atoms with Crippen molar-refractivity contribution in [2.75, 3.05) is 19.5 Å². The number of nitrogens with one attached hydrogen (secondary N) is 1. The van der Waals surface area contributed by atoms with Crippen LogP contribution in [0.1, 0.15) is 18.1 Å². The number of benzene rings is 2. The molecule has 0 saturated carbocycles. The van der Waals surface area contributed by atoms with E-state index in [1.54, 1.807) is 49.6 Å². The Balaban J connectivity index is 1.90. The van der Waals surface area contributed by atoms with E-state index < -0.39 is 5.97 Å². The summed E-state index contributed by atoms with van der Waals surface area (Å²) in [5.41, 5.74) is 2.12. The third-order valence-corrected chi connectivity index (χ3v) is 4.55.